The van der Waals surface area contributed by atoms with Crippen LogP contribution in [0.5, 0.6) is 0 Å². The molecule has 0 spiro atoms. The van der Waals surface area contributed by atoms with Gasteiger partial charge < -0.3 is 15.0 Å². The summed E-state index contributed by atoms with van der Waals surface area (Å²) in [4.78, 5) is 14.2. The lowest BCUT2D eigenvalue weighted by Crippen LogP contribution is -2.36. The van der Waals surface area contributed by atoms with Crippen molar-refractivity contribution in [1.29, 1.82) is 0 Å². The number of nitrogens with one attached hydrogen (secondary N) is 1. The van der Waals surface area contributed by atoms with Gasteiger partial charge in [-0.05, 0) is 25.2 Å². The molecule has 1 aliphatic rings. The van der Waals surface area contributed by atoms with Gasteiger partial charge in [0.1, 0.15) is 5.82 Å². The Morgan fingerprint density at radius 3 is 3.20 bits per heavy atom. The standard InChI is InChI=1S/C14H18ClFN2O2/c1-18-4-5-20-9-10(8-18)7-17-14(19)12-6-11(16)2-3-13(12)15/h2-3,6,10H,4-5,7-9H2,1H3,(H,17,19). The number of carbonyl (C=O) groups is 1. The van der Waals surface area contributed by atoms with E-state index in [1.54, 1.807) is 0 Å². The van der Waals surface area contributed by atoms with Crippen LogP contribution in [0.3, 0.4) is 0 Å². The lowest BCUT2D eigenvalue weighted by Gasteiger charge is -2.19. The number of halogens is 2. The molecule has 0 bridgehead atoms. The first kappa shape index (κ1) is 15.2. The summed E-state index contributed by atoms with van der Waals surface area (Å²) in [6, 6.07) is 3.76. The zero-order chi connectivity index (χ0) is 14.5. The highest BCUT2D eigenvalue weighted by molar-refractivity contribution is 6.33. The summed E-state index contributed by atoms with van der Waals surface area (Å²) in [5.74, 6) is -0.614. The van der Waals surface area contributed by atoms with Gasteiger partial charge in [-0.15, -0.1) is 0 Å². The Balaban J connectivity index is 1.92. The van der Waals surface area contributed by atoms with Crippen LogP contribution in [0.4, 0.5) is 4.39 Å². The second-order valence-electron chi connectivity index (χ2n) is 5.04. The van der Waals surface area contributed by atoms with Crippen LogP contribution in [0, 0.1) is 11.7 Å². The number of carbonyl (C=O) groups excluding carboxylic acids is 1. The first-order valence-corrected chi connectivity index (χ1v) is 6.93. The maximum absolute atomic E-state index is 13.1. The monoisotopic (exact) mass is 300 g/mol. The minimum Gasteiger partial charge on any atom is -0.380 e. The van der Waals surface area contributed by atoms with Crippen molar-refractivity contribution in [1.82, 2.24) is 10.2 Å². The third kappa shape index (κ3) is 4.16. The van der Waals surface area contributed by atoms with Crippen LogP contribution in [0.25, 0.3) is 0 Å². The molecule has 4 nitrogen and oxygen atoms in total. The highest BCUT2D eigenvalue weighted by Crippen LogP contribution is 2.17. The molecule has 1 aromatic rings. The molecule has 0 saturated carbocycles. The molecule has 1 unspecified atom stereocenters. The molecule has 1 amide bonds. The largest absolute Gasteiger partial charge is 0.380 e. The van der Waals surface area contributed by atoms with Gasteiger partial charge in [-0.2, -0.15) is 0 Å². The van der Waals surface area contributed by atoms with Crippen LogP contribution in [0.1, 0.15) is 10.4 Å². The molecule has 1 aliphatic heterocycles. The molecular weight excluding hydrogens is 283 g/mol. The molecular formula is C14H18ClFN2O2. The number of rotatable bonds is 3. The zero-order valence-electron chi connectivity index (χ0n) is 11.4. The number of hydrogen-bond donors (Lipinski definition) is 1. The van der Waals surface area contributed by atoms with Crippen molar-refractivity contribution < 1.29 is 13.9 Å². The van der Waals surface area contributed by atoms with Crippen LogP contribution in [0.2, 0.25) is 5.02 Å². The molecule has 1 N–H and O–H groups in total. The molecule has 2 rings (SSSR count). The van der Waals surface area contributed by atoms with Gasteiger partial charge in [-0.1, -0.05) is 11.6 Å². The third-order valence-electron chi connectivity index (χ3n) is 3.27. The molecule has 1 aromatic carbocycles. The van der Waals surface area contributed by atoms with E-state index in [1.165, 1.54) is 12.1 Å². The molecule has 0 aliphatic carbocycles. The van der Waals surface area contributed by atoms with Crippen molar-refractivity contribution in [3.63, 3.8) is 0 Å². The molecule has 1 fully saturated rings. The van der Waals surface area contributed by atoms with Crippen molar-refractivity contribution in [2.45, 2.75) is 0 Å². The van der Waals surface area contributed by atoms with Crippen molar-refractivity contribution >= 4 is 17.5 Å². The molecule has 110 valence electrons. The number of amides is 1. The number of ether oxygens (including phenoxy) is 1. The van der Waals surface area contributed by atoms with Gasteiger partial charge in [0.15, 0.2) is 0 Å². The fourth-order valence-electron chi connectivity index (χ4n) is 2.18. The number of nitrogens with zero attached hydrogens (tertiary/aromatic N) is 1. The minimum atomic E-state index is -0.475. The predicted octanol–water partition coefficient (Wildman–Crippen LogP) is 1.79. The molecule has 0 aromatic heterocycles. The van der Waals surface area contributed by atoms with Crippen molar-refractivity contribution in [2.24, 2.45) is 5.92 Å². The van der Waals surface area contributed by atoms with Gasteiger partial charge in [0.05, 0.1) is 23.8 Å². The average Bonchev–Trinajstić information content (AvgIpc) is 2.63. The Bertz CT molecular complexity index is 484. The summed E-state index contributed by atoms with van der Waals surface area (Å²) in [7, 11) is 2.02. The van der Waals surface area contributed by atoms with Gasteiger partial charge in [0.25, 0.3) is 5.91 Å². The number of benzene rings is 1. The molecule has 0 radical (unpaired) electrons. The van der Waals surface area contributed by atoms with Gasteiger partial charge in [-0.25, -0.2) is 4.39 Å². The highest BCUT2D eigenvalue weighted by Gasteiger charge is 2.18. The maximum atomic E-state index is 13.1. The van der Waals surface area contributed by atoms with E-state index in [0.717, 1.165) is 19.2 Å². The van der Waals surface area contributed by atoms with Crippen LogP contribution in [0.15, 0.2) is 18.2 Å². The van der Waals surface area contributed by atoms with Crippen molar-refractivity contribution in [2.75, 3.05) is 39.9 Å². The molecule has 1 atom stereocenters. The topological polar surface area (TPSA) is 41.6 Å². The molecule has 1 heterocycles. The quantitative estimate of drug-likeness (QED) is 0.925. The van der Waals surface area contributed by atoms with E-state index in [0.29, 0.717) is 19.8 Å². The van der Waals surface area contributed by atoms with E-state index >= 15 is 0 Å². The molecule has 6 heteroatoms. The molecule has 1 saturated heterocycles. The normalized spacial score (nSPS) is 20.4. The summed E-state index contributed by atoms with van der Waals surface area (Å²) in [5, 5.41) is 3.04. The smallest absolute Gasteiger partial charge is 0.252 e. The second-order valence-corrected chi connectivity index (χ2v) is 5.44. The Morgan fingerprint density at radius 1 is 1.60 bits per heavy atom. The summed E-state index contributed by atoms with van der Waals surface area (Å²) in [5.41, 5.74) is 0.162. The van der Waals surface area contributed by atoms with Crippen LogP contribution in [-0.2, 0) is 4.74 Å². The van der Waals surface area contributed by atoms with Gasteiger partial charge in [0.2, 0.25) is 0 Å². The molecule has 20 heavy (non-hydrogen) atoms. The first-order valence-electron chi connectivity index (χ1n) is 6.56. The van der Waals surface area contributed by atoms with E-state index < -0.39 is 5.82 Å². The fourth-order valence-corrected chi connectivity index (χ4v) is 2.39. The third-order valence-corrected chi connectivity index (χ3v) is 3.59. The SMILES string of the molecule is CN1CCOCC(CNC(=O)c2cc(F)ccc2Cl)C1. The Kier molecular flexibility index (Phi) is 5.34. The highest BCUT2D eigenvalue weighted by atomic mass is 35.5. The predicted molar refractivity (Wildman–Crippen MR) is 75.5 cm³/mol. The van der Waals surface area contributed by atoms with Crippen molar-refractivity contribution in [3.8, 4) is 0 Å². The second kappa shape index (κ2) is 7.02. The number of likely N-dealkylation sites (N-methyl/N-ethyl adjacent to an activating group) is 1. The van der Waals surface area contributed by atoms with Gasteiger partial charge in [-0.3, -0.25) is 4.79 Å². The Morgan fingerprint density at radius 2 is 2.40 bits per heavy atom. The Labute approximate surface area is 122 Å². The first-order chi connectivity index (χ1) is 9.56. The van der Waals surface area contributed by atoms with Gasteiger partial charge >= 0.3 is 0 Å². The van der Waals surface area contributed by atoms with E-state index in [2.05, 4.69) is 10.2 Å². The van der Waals surface area contributed by atoms with E-state index in [4.69, 9.17) is 16.3 Å². The summed E-state index contributed by atoms with van der Waals surface area (Å²) in [6.45, 7) is 3.55. The van der Waals surface area contributed by atoms with Gasteiger partial charge in [0, 0.05) is 25.6 Å². The van der Waals surface area contributed by atoms with Crippen LogP contribution in [-0.4, -0.2) is 50.7 Å². The Hall–Kier alpha value is -1.17. The number of hydrogen-bond acceptors (Lipinski definition) is 3. The summed E-state index contributed by atoms with van der Waals surface area (Å²) >= 11 is 5.90. The lowest BCUT2D eigenvalue weighted by molar-refractivity contribution is 0.0921. The zero-order valence-corrected chi connectivity index (χ0v) is 12.1. The fraction of sp³-hybridized carbons (Fsp3) is 0.500. The minimum absolute atomic E-state index is 0.162. The maximum Gasteiger partial charge on any atom is 0.252 e. The van der Waals surface area contributed by atoms with Crippen LogP contribution < -0.4 is 5.32 Å². The summed E-state index contributed by atoms with van der Waals surface area (Å²) in [6.07, 6.45) is 0. The van der Waals surface area contributed by atoms with E-state index in [9.17, 15) is 9.18 Å². The average molecular weight is 301 g/mol. The van der Waals surface area contributed by atoms with Crippen LogP contribution >= 0.6 is 11.6 Å². The summed E-state index contributed by atoms with van der Waals surface area (Å²) < 4.78 is 18.6. The van der Waals surface area contributed by atoms with E-state index in [-0.39, 0.29) is 22.4 Å². The lowest BCUT2D eigenvalue weighted by atomic mass is 10.1. The van der Waals surface area contributed by atoms with Crippen molar-refractivity contribution in [3.05, 3.63) is 34.6 Å². The van der Waals surface area contributed by atoms with E-state index in [1.807, 2.05) is 7.05 Å².